The molecule has 5 heteroatoms. The second kappa shape index (κ2) is 9.54. The summed E-state index contributed by atoms with van der Waals surface area (Å²) in [6.07, 6.45) is 6.74. The molecule has 0 fully saturated rings. The van der Waals surface area contributed by atoms with E-state index in [0.717, 1.165) is 17.5 Å². The molecule has 0 aliphatic carbocycles. The van der Waals surface area contributed by atoms with E-state index in [4.69, 9.17) is 0 Å². The van der Waals surface area contributed by atoms with Crippen LogP contribution in [-0.2, 0) is 4.79 Å². The van der Waals surface area contributed by atoms with Crippen LogP contribution in [0, 0.1) is 0 Å². The van der Waals surface area contributed by atoms with Crippen LogP contribution in [0.2, 0.25) is 0 Å². The number of aldehydes is 1. The van der Waals surface area contributed by atoms with E-state index in [2.05, 4.69) is 10.3 Å². The van der Waals surface area contributed by atoms with E-state index in [9.17, 15) is 9.59 Å². The Labute approximate surface area is 142 Å². The maximum absolute atomic E-state index is 12.3. The van der Waals surface area contributed by atoms with Crippen molar-refractivity contribution in [2.45, 2.75) is 19.4 Å². The highest BCUT2D eigenvalue weighted by Crippen LogP contribution is 2.13. The number of carbonyl (C=O) groups is 2. The Morgan fingerprint density at radius 2 is 1.91 bits per heavy atom. The zero-order valence-corrected chi connectivity index (χ0v) is 13.6. The summed E-state index contributed by atoms with van der Waals surface area (Å²) in [6.45, 7) is 1.85. The minimum absolute atomic E-state index is 0. The molecule has 0 bridgehead atoms. The van der Waals surface area contributed by atoms with Gasteiger partial charge in [0.25, 0.3) is 5.91 Å². The molecule has 120 valence electrons. The average Bonchev–Trinajstić information content (AvgIpc) is 2.58. The lowest BCUT2D eigenvalue weighted by molar-refractivity contribution is -0.109. The van der Waals surface area contributed by atoms with Crippen LogP contribution in [0.1, 0.15) is 35.0 Å². The number of amides is 1. The number of nitrogens with zero attached hydrogens (tertiary/aromatic N) is 1. The van der Waals surface area contributed by atoms with E-state index in [1.165, 1.54) is 0 Å². The van der Waals surface area contributed by atoms with E-state index in [1.807, 2.05) is 49.4 Å². The molecule has 0 saturated heterocycles. The second-order valence-electron chi connectivity index (χ2n) is 4.80. The van der Waals surface area contributed by atoms with E-state index >= 15 is 0 Å². The van der Waals surface area contributed by atoms with Gasteiger partial charge in [-0.1, -0.05) is 37.3 Å². The van der Waals surface area contributed by atoms with Crippen molar-refractivity contribution in [2.75, 3.05) is 0 Å². The first kappa shape index (κ1) is 18.6. The van der Waals surface area contributed by atoms with Crippen molar-refractivity contribution in [1.82, 2.24) is 10.3 Å². The molecule has 23 heavy (non-hydrogen) atoms. The molecule has 0 aliphatic heterocycles. The lowest BCUT2D eigenvalue weighted by Gasteiger charge is -2.11. The lowest BCUT2D eigenvalue weighted by Crippen LogP contribution is -2.35. The van der Waals surface area contributed by atoms with Gasteiger partial charge < -0.3 is 10.1 Å². The van der Waals surface area contributed by atoms with Crippen molar-refractivity contribution in [1.29, 1.82) is 0 Å². The molecule has 0 radical (unpaired) electrons. The van der Waals surface area contributed by atoms with Gasteiger partial charge in [0, 0.05) is 11.8 Å². The smallest absolute Gasteiger partial charge is 0.252 e. The molecule has 1 heterocycles. The minimum Gasteiger partial charge on any atom is -0.343 e. The molecule has 1 aromatic carbocycles. The Morgan fingerprint density at radius 1 is 1.17 bits per heavy atom. The van der Waals surface area contributed by atoms with Crippen LogP contribution >= 0.6 is 12.4 Å². The summed E-state index contributed by atoms with van der Waals surface area (Å²) in [6, 6.07) is 12.4. The number of hydrogen-bond donors (Lipinski definition) is 1. The fourth-order valence-electron chi connectivity index (χ4n) is 1.98. The minimum atomic E-state index is -0.458. The molecular weight excluding hydrogens is 312 g/mol. The average molecular weight is 331 g/mol. The Morgan fingerprint density at radius 3 is 2.57 bits per heavy atom. The van der Waals surface area contributed by atoms with E-state index in [-0.39, 0.29) is 18.3 Å². The Hall–Kier alpha value is -2.46. The molecular formula is C18H19ClN2O2. The SMILES string of the molecule is CCC(C=O)NC(=O)c1ccccc1/C=C/c1ccccn1.Cl. The molecule has 1 amide bonds. The number of benzene rings is 1. The third-order valence-corrected chi connectivity index (χ3v) is 3.25. The van der Waals surface area contributed by atoms with Crippen molar-refractivity contribution >= 4 is 36.8 Å². The summed E-state index contributed by atoms with van der Waals surface area (Å²) in [5.41, 5.74) is 2.14. The van der Waals surface area contributed by atoms with Gasteiger partial charge in [-0.05, 0) is 36.3 Å². The van der Waals surface area contributed by atoms with Crippen LogP contribution in [0.3, 0.4) is 0 Å². The van der Waals surface area contributed by atoms with Crippen molar-refractivity contribution < 1.29 is 9.59 Å². The third kappa shape index (κ3) is 5.34. The first-order chi connectivity index (χ1) is 10.7. The summed E-state index contributed by atoms with van der Waals surface area (Å²) in [4.78, 5) is 27.4. The van der Waals surface area contributed by atoms with Crippen LogP contribution in [0.25, 0.3) is 12.2 Å². The molecule has 0 spiro atoms. The van der Waals surface area contributed by atoms with E-state index < -0.39 is 6.04 Å². The van der Waals surface area contributed by atoms with Gasteiger partial charge >= 0.3 is 0 Å². The normalized spacial score (nSPS) is 11.5. The van der Waals surface area contributed by atoms with Gasteiger partial charge in [0.05, 0.1) is 11.7 Å². The van der Waals surface area contributed by atoms with Gasteiger partial charge in [-0.3, -0.25) is 9.78 Å². The maximum atomic E-state index is 12.3. The summed E-state index contributed by atoms with van der Waals surface area (Å²) in [5, 5.41) is 2.71. The van der Waals surface area contributed by atoms with Gasteiger partial charge in [-0.2, -0.15) is 0 Å². The predicted octanol–water partition coefficient (Wildman–Crippen LogP) is 3.38. The molecule has 1 aromatic heterocycles. The fourth-order valence-corrected chi connectivity index (χ4v) is 1.98. The topological polar surface area (TPSA) is 59.1 Å². The number of aromatic nitrogens is 1. The summed E-state index contributed by atoms with van der Waals surface area (Å²) < 4.78 is 0. The number of nitrogens with one attached hydrogen (secondary N) is 1. The van der Waals surface area contributed by atoms with Gasteiger partial charge in [0.2, 0.25) is 0 Å². The first-order valence-electron chi connectivity index (χ1n) is 7.19. The van der Waals surface area contributed by atoms with Crippen molar-refractivity contribution in [3.63, 3.8) is 0 Å². The largest absolute Gasteiger partial charge is 0.343 e. The molecule has 0 saturated carbocycles. The van der Waals surface area contributed by atoms with Crippen LogP contribution in [-0.4, -0.2) is 23.2 Å². The third-order valence-electron chi connectivity index (χ3n) is 3.25. The second-order valence-corrected chi connectivity index (χ2v) is 4.80. The Balaban J connectivity index is 0.00000264. The number of carbonyl (C=O) groups excluding carboxylic acids is 2. The highest BCUT2D eigenvalue weighted by atomic mass is 35.5. The highest BCUT2D eigenvalue weighted by molar-refractivity contribution is 5.99. The van der Waals surface area contributed by atoms with Crippen LogP contribution in [0.4, 0.5) is 0 Å². The molecule has 4 nitrogen and oxygen atoms in total. The zero-order chi connectivity index (χ0) is 15.8. The molecule has 0 aliphatic rings. The molecule has 1 N–H and O–H groups in total. The highest BCUT2D eigenvalue weighted by Gasteiger charge is 2.13. The van der Waals surface area contributed by atoms with Crippen LogP contribution in [0.5, 0.6) is 0 Å². The molecule has 2 aromatic rings. The number of pyridine rings is 1. The summed E-state index contributed by atoms with van der Waals surface area (Å²) >= 11 is 0. The van der Waals surface area contributed by atoms with Gasteiger partial charge in [-0.25, -0.2) is 0 Å². The quantitative estimate of drug-likeness (QED) is 0.826. The summed E-state index contributed by atoms with van der Waals surface area (Å²) in [5.74, 6) is -0.250. The van der Waals surface area contributed by atoms with Gasteiger partial charge in [0.15, 0.2) is 0 Å². The molecule has 2 rings (SSSR count). The molecule has 1 unspecified atom stereocenters. The van der Waals surface area contributed by atoms with Crippen molar-refractivity contribution in [3.05, 3.63) is 65.5 Å². The van der Waals surface area contributed by atoms with Gasteiger partial charge in [0.1, 0.15) is 6.29 Å². The first-order valence-corrected chi connectivity index (χ1v) is 7.19. The summed E-state index contributed by atoms with van der Waals surface area (Å²) in [7, 11) is 0. The van der Waals surface area contributed by atoms with Gasteiger partial charge in [-0.15, -0.1) is 12.4 Å². The fraction of sp³-hybridized carbons (Fsp3) is 0.167. The van der Waals surface area contributed by atoms with Crippen LogP contribution in [0.15, 0.2) is 48.7 Å². The zero-order valence-electron chi connectivity index (χ0n) is 12.8. The number of hydrogen-bond acceptors (Lipinski definition) is 3. The standard InChI is InChI=1S/C18H18N2O2.ClH/c1-2-15(13-21)20-18(22)17-9-4-3-7-14(17)10-11-16-8-5-6-12-19-16;/h3-13,15H,2H2,1H3,(H,20,22);1H/b11-10+;. The lowest BCUT2D eigenvalue weighted by atomic mass is 10.1. The Kier molecular flexibility index (Phi) is 7.71. The number of halogens is 1. The van der Waals surface area contributed by atoms with E-state index in [1.54, 1.807) is 18.3 Å². The monoisotopic (exact) mass is 330 g/mol. The Bertz CT molecular complexity index is 672. The maximum Gasteiger partial charge on any atom is 0.252 e. The van der Waals surface area contributed by atoms with Crippen molar-refractivity contribution in [2.24, 2.45) is 0 Å². The van der Waals surface area contributed by atoms with Crippen LogP contribution < -0.4 is 5.32 Å². The molecule has 1 atom stereocenters. The number of rotatable bonds is 6. The predicted molar refractivity (Wildman–Crippen MR) is 94.5 cm³/mol. The van der Waals surface area contributed by atoms with Crippen molar-refractivity contribution in [3.8, 4) is 0 Å². The van der Waals surface area contributed by atoms with E-state index in [0.29, 0.717) is 12.0 Å².